The van der Waals surface area contributed by atoms with Crippen molar-refractivity contribution >= 4 is 12.4 Å². The minimum absolute atomic E-state index is 0.226. The minimum atomic E-state index is 0.226. The summed E-state index contributed by atoms with van der Waals surface area (Å²) in [7, 11) is 0. The zero-order chi connectivity index (χ0) is 5.82. The molecule has 0 aromatic carbocycles. The Balaban J connectivity index is 2.42. The van der Waals surface area contributed by atoms with Crippen LogP contribution in [-0.2, 0) is 0 Å². The minimum Gasteiger partial charge on any atom is -0.270 e. The van der Waals surface area contributed by atoms with Crippen molar-refractivity contribution in [2.45, 2.75) is 25.9 Å². The van der Waals surface area contributed by atoms with Gasteiger partial charge in [-0.1, -0.05) is 6.92 Å². The van der Waals surface area contributed by atoms with Crippen molar-refractivity contribution in [3.8, 4) is 0 Å². The monoisotopic (exact) mass is 110 g/mol. The molecule has 8 heavy (non-hydrogen) atoms. The average Bonchev–Trinajstić information content (AvgIpc) is 1.90. The lowest BCUT2D eigenvalue weighted by Crippen LogP contribution is -2.03. The van der Waals surface area contributed by atoms with Crippen LogP contribution in [0, 0.1) is 0 Å². The predicted octanol–water partition coefficient (Wildman–Crippen LogP) is 1.27. The van der Waals surface area contributed by atoms with Crippen LogP contribution in [0.2, 0.25) is 0 Å². The molecule has 0 N–H and O–H groups in total. The first kappa shape index (κ1) is 5.48. The molecule has 1 rings (SSSR count). The molecule has 1 heterocycles. The topological polar surface area (TPSA) is 24.7 Å². The van der Waals surface area contributed by atoms with E-state index in [4.69, 9.17) is 0 Å². The standard InChI is InChI=1S/C6H10N2/c1-2-6-7-4-3-5-8-6/h4-6H,2-3H2,1H3. The lowest BCUT2D eigenvalue weighted by Gasteiger charge is -2.04. The van der Waals surface area contributed by atoms with Crippen molar-refractivity contribution in [3.63, 3.8) is 0 Å². The van der Waals surface area contributed by atoms with E-state index in [-0.39, 0.29) is 6.17 Å². The van der Waals surface area contributed by atoms with Crippen LogP contribution >= 0.6 is 0 Å². The maximum Gasteiger partial charge on any atom is 0.138 e. The van der Waals surface area contributed by atoms with Gasteiger partial charge in [-0.3, -0.25) is 9.98 Å². The first-order chi connectivity index (χ1) is 3.93. The summed E-state index contributed by atoms with van der Waals surface area (Å²) in [6, 6.07) is 0. The van der Waals surface area contributed by atoms with Gasteiger partial charge < -0.3 is 0 Å². The SMILES string of the molecule is CCC1N=CCC=N1. The van der Waals surface area contributed by atoms with Crippen LogP contribution in [0.1, 0.15) is 19.8 Å². The van der Waals surface area contributed by atoms with E-state index in [0.717, 1.165) is 12.8 Å². The second-order valence-corrected chi connectivity index (χ2v) is 1.79. The van der Waals surface area contributed by atoms with Crippen molar-refractivity contribution in [2.24, 2.45) is 9.98 Å². The predicted molar refractivity (Wildman–Crippen MR) is 35.7 cm³/mol. The second kappa shape index (κ2) is 2.60. The first-order valence-corrected chi connectivity index (χ1v) is 2.96. The Morgan fingerprint density at radius 1 is 1.50 bits per heavy atom. The highest BCUT2D eigenvalue weighted by molar-refractivity contribution is 5.80. The molecule has 0 radical (unpaired) electrons. The second-order valence-electron chi connectivity index (χ2n) is 1.79. The van der Waals surface area contributed by atoms with E-state index in [1.54, 1.807) is 0 Å². The third kappa shape index (κ3) is 1.15. The summed E-state index contributed by atoms with van der Waals surface area (Å²) in [5.41, 5.74) is 0. The van der Waals surface area contributed by atoms with Gasteiger partial charge >= 0.3 is 0 Å². The van der Waals surface area contributed by atoms with Crippen LogP contribution < -0.4 is 0 Å². The van der Waals surface area contributed by atoms with E-state index in [1.165, 1.54) is 0 Å². The molecule has 2 nitrogen and oxygen atoms in total. The van der Waals surface area contributed by atoms with E-state index < -0.39 is 0 Å². The smallest absolute Gasteiger partial charge is 0.138 e. The van der Waals surface area contributed by atoms with Crippen LogP contribution in [-0.4, -0.2) is 18.6 Å². The van der Waals surface area contributed by atoms with Gasteiger partial charge in [0.2, 0.25) is 0 Å². The van der Waals surface area contributed by atoms with E-state index in [2.05, 4.69) is 16.9 Å². The highest BCUT2D eigenvalue weighted by Crippen LogP contribution is 2.00. The van der Waals surface area contributed by atoms with Gasteiger partial charge in [-0.15, -0.1) is 0 Å². The highest BCUT2D eigenvalue weighted by atomic mass is 15.0. The van der Waals surface area contributed by atoms with E-state index >= 15 is 0 Å². The summed E-state index contributed by atoms with van der Waals surface area (Å²) in [5, 5.41) is 0. The maximum atomic E-state index is 4.12. The van der Waals surface area contributed by atoms with Crippen molar-refractivity contribution in [1.29, 1.82) is 0 Å². The van der Waals surface area contributed by atoms with E-state index in [0.29, 0.717) is 0 Å². The lowest BCUT2D eigenvalue weighted by molar-refractivity contribution is 0.685. The Kier molecular flexibility index (Phi) is 1.78. The Hall–Kier alpha value is -0.660. The molecule has 0 aromatic rings. The maximum absolute atomic E-state index is 4.12. The number of rotatable bonds is 1. The fourth-order valence-corrected chi connectivity index (χ4v) is 0.662. The Bertz CT molecular complexity index is 104. The lowest BCUT2D eigenvalue weighted by atomic mass is 10.3. The molecule has 0 aliphatic carbocycles. The molecule has 0 bridgehead atoms. The highest BCUT2D eigenvalue weighted by Gasteiger charge is 1.98. The molecular formula is C6H10N2. The van der Waals surface area contributed by atoms with Crippen molar-refractivity contribution < 1.29 is 0 Å². The molecule has 1 aliphatic rings. The zero-order valence-corrected chi connectivity index (χ0v) is 5.04. The van der Waals surface area contributed by atoms with Gasteiger partial charge in [0.05, 0.1) is 0 Å². The van der Waals surface area contributed by atoms with Gasteiger partial charge in [-0.2, -0.15) is 0 Å². The van der Waals surface area contributed by atoms with Gasteiger partial charge in [0.15, 0.2) is 0 Å². The van der Waals surface area contributed by atoms with Gasteiger partial charge in [0, 0.05) is 18.9 Å². The van der Waals surface area contributed by atoms with Gasteiger partial charge in [-0.05, 0) is 6.42 Å². The summed E-state index contributed by atoms with van der Waals surface area (Å²) in [6.45, 7) is 2.09. The van der Waals surface area contributed by atoms with Gasteiger partial charge in [0.25, 0.3) is 0 Å². The van der Waals surface area contributed by atoms with E-state index in [1.807, 2.05) is 12.4 Å². The molecule has 0 atom stereocenters. The fraction of sp³-hybridized carbons (Fsp3) is 0.667. The molecule has 0 aromatic heterocycles. The largest absolute Gasteiger partial charge is 0.270 e. The molecule has 0 saturated heterocycles. The Morgan fingerprint density at radius 3 is 2.50 bits per heavy atom. The van der Waals surface area contributed by atoms with Crippen molar-refractivity contribution in [3.05, 3.63) is 0 Å². The quantitative estimate of drug-likeness (QED) is 0.485. The number of hydrogen-bond donors (Lipinski definition) is 0. The summed E-state index contributed by atoms with van der Waals surface area (Å²) in [5.74, 6) is 0. The normalized spacial score (nSPS) is 19.6. The van der Waals surface area contributed by atoms with Crippen LogP contribution in [0.15, 0.2) is 9.98 Å². The third-order valence-electron chi connectivity index (χ3n) is 1.13. The van der Waals surface area contributed by atoms with Crippen LogP contribution in [0.5, 0.6) is 0 Å². The van der Waals surface area contributed by atoms with E-state index in [9.17, 15) is 0 Å². The molecule has 1 aliphatic heterocycles. The molecule has 44 valence electrons. The summed E-state index contributed by atoms with van der Waals surface area (Å²) in [6.07, 6.45) is 6.00. The van der Waals surface area contributed by atoms with Gasteiger partial charge in [0.1, 0.15) is 6.17 Å². The summed E-state index contributed by atoms with van der Waals surface area (Å²) < 4.78 is 0. The molecular weight excluding hydrogens is 100 g/mol. The Morgan fingerprint density at radius 2 is 2.12 bits per heavy atom. The number of aliphatic imine (C=N–C) groups is 2. The van der Waals surface area contributed by atoms with Crippen LogP contribution in [0.3, 0.4) is 0 Å². The first-order valence-electron chi connectivity index (χ1n) is 2.96. The molecule has 2 heteroatoms. The van der Waals surface area contributed by atoms with Gasteiger partial charge in [-0.25, -0.2) is 0 Å². The average molecular weight is 110 g/mol. The fourth-order valence-electron chi connectivity index (χ4n) is 0.662. The zero-order valence-electron chi connectivity index (χ0n) is 5.04. The number of hydrogen-bond acceptors (Lipinski definition) is 2. The van der Waals surface area contributed by atoms with Crippen molar-refractivity contribution in [2.75, 3.05) is 0 Å². The van der Waals surface area contributed by atoms with Crippen LogP contribution in [0.4, 0.5) is 0 Å². The summed E-state index contributed by atoms with van der Waals surface area (Å²) >= 11 is 0. The summed E-state index contributed by atoms with van der Waals surface area (Å²) in [4.78, 5) is 8.25. The molecule has 0 fully saturated rings. The Labute approximate surface area is 49.3 Å². The number of nitrogens with zero attached hydrogens (tertiary/aromatic N) is 2. The van der Waals surface area contributed by atoms with Crippen molar-refractivity contribution in [1.82, 2.24) is 0 Å². The molecule has 0 unspecified atom stereocenters. The third-order valence-corrected chi connectivity index (χ3v) is 1.13. The molecule has 0 spiro atoms. The molecule has 0 amide bonds. The molecule has 0 saturated carbocycles. The van der Waals surface area contributed by atoms with Crippen LogP contribution in [0.25, 0.3) is 0 Å².